The molecule has 0 N–H and O–H groups in total. The van der Waals surface area contributed by atoms with Gasteiger partial charge in [0.15, 0.2) is 0 Å². The number of carbonyl (C=O) groups excluding carboxylic acids is 1. The second-order valence-electron chi connectivity index (χ2n) is 7.74. The van der Waals surface area contributed by atoms with Gasteiger partial charge in [-0.1, -0.05) is 30.7 Å². The molecule has 2 saturated heterocycles. The third-order valence-electron chi connectivity index (χ3n) is 6.11. The Kier molecular flexibility index (Phi) is 5.37. The van der Waals surface area contributed by atoms with Crippen LogP contribution < -0.4 is 0 Å². The first-order chi connectivity index (χ1) is 12.3. The molecule has 2 fully saturated rings. The monoisotopic (exact) mass is 342 g/mol. The molecule has 3 heterocycles. The zero-order chi connectivity index (χ0) is 17.1. The molecule has 2 atom stereocenters. The van der Waals surface area contributed by atoms with Gasteiger partial charge < -0.3 is 9.64 Å². The lowest BCUT2D eigenvalue weighted by Crippen LogP contribution is -2.51. The van der Waals surface area contributed by atoms with E-state index in [2.05, 4.69) is 34.1 Å². The number of nitrogens with zero attached hydrogens (tertiary/aromatic N) is 2. The highest BCUT2D eigenvalue weighted by Crippen LogP contribution is 2.30. The molecule has 4 heteroatoms. The van der Waals surface area contributed by atoms with E-state index < -0.39 is 0 Å². The van der Waals surface area contributed by atoms with Crippen LogP contribution in [0.5, 0.6) is 0 Å². The van der Waals surface area contributed by atoms with E-state index in [1.807, 2.05) is 0 Å². The van der Waals surface area contributed by atoms with Gasteiger partial charge >= 0.3 is 0 Å². The van der Waals surface area contributed by atoms with E-state index in [1.165, 1.54) is 49.9 Å². The van der Waals surface area contributed by atoms with Crippen molar-refractivity contribution in [2.24, 2.45) is 0 Å². The third kappa shape index (κ3) is 3.90. The Morgan fingerprint density at radius 3 is 2.80 bits per heavy atom. The van der Waals surface area contributed by atoms with Crippen LogP contribution in [0, 0.1) is 0 Å². The highest BCUT2D eigenvalue weighted by Gasteiger charge is 2.31. The Morgan fingerprint density at radius 2 is 1.92 bits per heavy atom. The van der Waals surface area contributed by atoms with Gasteiger partial charge in [-0.25, -0.2) is 0 Å². The van der Waals surface area contributed by atoms with Gasteiger partial charge in [-0.05, 0) is 56.3 Å². The first kappa shape index (κ1) is 17.0. The van der Waals surface area contributed by atoms with Crippen molar-refractivity contribution in [3.63, 3.8) is 0 Å². The number of fused-ring (bicyclic) bond motifs is 1. The van der Waals surface area contributed by atoms with Crippen LogP contribution in [0.15, 0.2) is 24.3 Å². The van der Waals surface area contributed by atoms with Crippen LogP contribution in [0.4, 0.5) is 0 Å². The average molecular weight is 342 g/mol. The molecule has 0 aliphatic carbocycles. The zero-order valence-corrected chi connectivity index (χ0v) is 15.2. The number of rotatable bonds is 3. The fourth-order valence-corrected chi connectivity index (χ4v) is 4.70. The summed E-state index contributed by atoms with van der Waals surface area (Å²) >= 11 is 0. The Morgan fingerprint density at radius 1 is 1.08 bits per heavy atom. The molecule has 0 bridgehead atoms. The number of amides is 1. The molecular weight excluding hydrogens is 312 g/mol. The molecule has 3 aliphatic heterocycles. The van der Waals surface area contributed by atoms with Crippen LogP contribution in [0.1, 0.15) is 55.8 Å². The summed E-state index contributed by atoms with van der Waals surface area (Å²) in [4.78, 5) is 17.7. The Bertz CT molecular complexity index is 597. The van der Waals surface area contributed by atoms with Crippen molar-refractivity contribution in [2.75, 3.05) is 32.8 Å². The van der Waals surface area contributed by atoms with Gasteiger partial charge in [0.05, 0.1) is 19.1 Å². The van der Waals surface area contributed by atoms with Gasteiger partial charge in [0.25, 0.3) is 0 Å². The fraction of sp³-hybridized carbons (Fsp3) is 0.667. The minimum Gasteiger partial charge on any atom is -0.373 e. The summed E-state index contributed by atoms with van der Waals surface area (Å²) in [6.07, 6.45) is 7.76. The predicted molar refractivity (Wildman–Crippen MR) is 98.5 cm³/mol. The maximum atomic E-state index is 12.9. The van der Waals surface area contributed by atoms with E-state index in [9.17, 15) is 4.79 Å². The lowest BCUT2D eigenvalue weighted by atomic mass is 9.95. The van der Waals surface area contributed by atoms with Gasteiger partial charge in [0.1, 0.15) is 0 Å². The number of piperidine rings is 2. The molecule has 0 saturated carbocycles. The van der Waals surface area contributed by atoms with Crippen LogP contribution in [0.2, 0.25) is 0 Å². The predicted octanol–water partition coefficient (Wildman–Crippen LogP) is 3.17. The van der Waals surface area contributed by atoms with Crippen molar-refractivity contribution in [3.8, 4) is 0 Å². The molecule has 136 valence electrons. The summed E-state index contributed by atoms with van der Waals surface area (Å²) < 4.78 is 5.95. The van der Waals surface area contributed by atoms with Crippen molar-refractivity contribution in [3.05, 3.63) is 35.4 Å². The number of benzene rings is 1. The van der Waals surface area contributed by atoms with Crippen molar-refractivity contribution in [1.29, 1.82) is 0 Å². The van der Waals surface area contributed by atoms with E-state index >= 15 is 0 Å². The van der Waals surface area contributed by atoms with Crippen molar-refractivity contribution in [2.45, 2.75) is 57.1 Å². The molecule has 0 aromatic heterocycles. The average Bonchev–Trinajstić information content (AvgIpc) is 2.69. The summed E-state index contributed by atoms with van der Waals surface area (Å²) in [5.41, 5.74) is 2.56. The summed E-state index contributed by atoms with van der Waals surface area (Å²) in [6, 6.07) is 8.99. The molecule has 4 rings (SSSR count). The third-order valence-corrected chi connectivity index (χ3v) is 6.11. The molecule has 0 spiro atoms. The molecule has 3 aliphatic rings. The second-order valence-corrected chi connectivity index (χ2v) is 7.74. The molecule has 1 aromatic carbocycles. The Balaban J connectivity index is 1.38. The maximum Gasteiger partial charge on any atom is 0.225 e. The van der Waals surface area contributed by atoms with Gasteiger partial charge in [0, 0.05) is 19.1 Å². The van der Waals surface area contributed by atoms with Gasteiger partial charge in [0.2, 0.25) is 5.91 Å². The fourth-order valence-electron chi connectivity index (χ4n) is 4.70. The summed E-state index contributed by atoms with van der Waals surface area (Å²) in [6.45, 7) is 4.98. The number of hydrogen-bond donors (Lipinski definition) is 0. The zero-order valence-electron chi connectivity index (χ0n) is 15.2. The molecule has 4 nitrogen and oxygen atoms in total. The summed E-state index contributed by atoms with van der Waals surface area (Å²) in [5.74, 6) is 0.267. The molecule has 1 amide bonds. The van der Waals surface area contributed by atoms with Crippen molar-refractivity contribution < 1.29 is 9.53 Å². The van der Waals surface area contributed by atoms with E-state index in [-0.39, 0.29) is 12.0 Å². The molecule has 0 radical (unpaired) electrons. The summed E-state index contributed by atoms with van der Waals surface area (Å²) in [5, 5.41) is 0. The first-order valence-corrected chi connectivity index (χ1v) is 10.0. The highest BCUT2D eigenvalue weighted by atomic mass is 16.5. The number of carbonyl (C=O) groups is 1. The minimum absolute atomic E-state index is 0.0622. The smallest absolute Gasteiger partial charge is 0.225 e. The minimum atomic E-state index is -0.0622. The quantitative estimate of drug-likeness (QED) is 0.846. The van der Waals surface area contributed by atoms with Crippen molar-refractivity contribution >= 4 is 5.91 Å². The van der Waals surface area contributed by atoms with E-state index in [4.69, 9.17) is 4.74 Å². The van der Waals surface area contributed by atoms with Crippen LogP contribution >= 0.6 is 0 Å². The standard InChI is InChI=1S/C21H30N2O2/c24-21(15-20-19-9-3-2-7-17(19)10-14-25-20)23-13-6-8-18(16-23)22-11-4-1-5-12-22/h2-3,7,9,18,20H,1,4-6,8,10-16H2/t18-,20-/m1/s1. The van der Waals surface area contributed by atoms with Gasteiger partial charge in [-0.15, -0.1) is 0 Å². The Hall–Kier alpha value is -1.39. The van der Waals surface area contributed by atoms with Gasteiger partial charge in [-0.2, -0.15) is 0 Å². The topological polar surface area (TPSA) is 32.8 Å². The Labute approximate surface area is 151 Å². The maximum absolute atomic E-state index is 12.9. The number of ether oxygens (including phenoxy) is 1. The first-order valence-electron chi connectivity index (χ1n) is 10.0. The second kappa shape index (κ2) is 7.88. The van der Waals surface area contributed by atoms with E-state index in [0.29, 0.717) is 12.5 Å². The van der Waals surface area contributed by atoms with Crippen molar-refractivity contribution in [1.82, 2.24) is 9.80 Å². The van der Waals surface area contributed by atoms with Crippen LogP contribution in [0.3, 0.4) is 0 Å². The molecule has 0 unspecified atom stereocenters. The lowest BCUT2D eigenvalue weighted by Gasteiger charge is -2.41. The lowest BCUT2D eigenvalue weighted by molar-refractivity contribution is -0.137. The summed E-state index contributed by atoms with van der Waals surface area (Å²) in [7, 11) is 0. The SMILES string of the molecule is O=C(C[C@H]1OCCc2ccccc21)N1CCC[C@@H](N2CCCCC2)C1. The molecular formula is C21H30N2O2. The largest absolute Gasteiger partial charge is 0.373 e. The van der Waals surface area contributed by atoms with Crippen LogP contribution in [0.25, 0.3) is 0 Å². The van der Waals surface area contributed by atoms with Crippen LogP contribution in [-0.2, 0) is 16.0 Å². The highest BCUT2D eigenvalue weighted by molar-refractivity contribution is 5.77. The normalized spacial score (nSPS) is 27.8. The molecule has 1 aromatic rings. The molecule has 25 heavy (non-hydrogen) atoms. The number of likely N-dealkylation sites (tertiary alicyclic amines) is 2. The van der Waals surface area contributed by atoms with Gasteiger partial charge in [-0.3, -0.25) is 9.69 Å². The van der Waals surface area contributed by atoms with Crippen LogP contribution in [-0.4, -0.2) is 54.5 Å². The van der Waals surface area contributed by atoms with E-state index in [1.54, 1.807) is 0 Å². The number of hydrogen-bond acceptors (Lipinski definition) is 3. The van der Waals surface area contributed by atoms with E-state index in [0.717, 1.165) is 32.5 Å².